The van der Waals surface area contributed by atoms with Crippen LogP contribution in [0.1, 0.15) is 16.1 Å². The minimum atomic E-state index is -0.309. The summed E-state index contributed by atoms with van der Waals surface area (Å²) in [6.07, 6.45) is 1.59. The molecule has 3 aromatic rings. The van der Waals surface area contributed by atoms with Crippen molar-refractivity contribution in [2.75, 3.05) is 10.6 Å². The number of carbonyl (C=O) groups is 1. The number of halogens is 1. The molecular formula is C16H13ClN4O2. The van der Waals surface area contributed by atoms with E-state index in [4.69, 9.17) is 16.1 Å². The van der Waals surface area contributed by atoms with Crippen molar-refractivity contribution in [1.82, 2.24) is 10.1 Å². The van der Waals surface area contributed by atoms with Gasteiger partial charge in [-0.25, -0.2) is 4.98 Å². The topological polar surface area (TPSA) is 80.0 Å². The third kappa shape index (κ3) is 3.67. The molecule has 0 aliphatic heterocycles. The Morgan fingerprint density at radius 2 is 2.00 bits per heavy atom. The molecule has 3 rings (SSSR count). The van der Waals surface area contributed by atoms with Gasteiger partial charge in [0.25, 0.3) is 5.91 Å². The summed E-state index contributed by atoms with van der Waals surface area (Å²) in [5.41, 5.74) is 1.13. The average molecular weight is 329 g/mol. The quantitative estimate of drug-likeness (QED) is 0.756. The molecule has 2 heterocycles. The molecule has 0 saturated heterocycles. The summed E-state index contributed by atoms with van der Waals surface area (Å²) in [6, 6.07) is 12.1. The molecule has 7 heteroatoms. The van der Waals surface area contributed by atoms with Crippen LogP contribution in [-0.4, -0.2) is 16.0 Å². The van der Waals surface area contributed by atoms with E-state index >= 15 is 0 Å². The van der Waals surface area contributed by atoms with Crippen LogP contribution in [0.4, 0.5) is 17.3 Å². The predicted octanol–water partition coefficient (Wildman–Crippen LogP) is 4.03. The molecule has 0 saturated carbocycles. The molecule has 0 fully saturated rings. The Morgan fingerprint density at radius 3 is 2.65 bits per heavy atom. The third-order valence-corrected chi connectivity index (χ3v) is 3.35. The largest absolute Gasteiger partial charge is 0.360 e. The summed E-state index contributed by atoms with van der Waals surface area (Å²) in [5.74, 6) is 1.42. The molecule has 1 aromatic carbocycles. The first-order valence-corrected chi connectivity index (χ1v) is 7.22. The molecule has 116 valence electrons. The van der Waals surface area contributed by atoms with E-state index in [2.05, 4.69) is 20.8 Å². The van der Waals surface area contributed by atoms with Crippen LogP contribution in [0.3, 0.4) is 0 Å². The second-order valence-corrected chi connectivity index (χ2v) is 5.22. The van der Waals surface area contributed by atoms with Gasteiger partial charge in [0.2, 0.25) is 0 Å². The number of nitrogens with one attached hydrogen (secondary N) is 2. The zero-order valence-corrected chi connectivity index (χ0v) is 13.0. The molecule has 2 N–H and O–H groups in total. The Hall–Kier alpha value is -2.86. The Labute approximate surface area is 137 Å². The number of pyridine rings is 1. The zero-order chi connectivity index (χ0) is 16.2. The number of rotatable bonds is 4. The van der Waals surface area contributed by atoms with Gasteiger partial charge in [0.15, 0.2) is 5.82 Å². The lowest BCUT2D eigenvalue weighted by atomic mass is 10.2. The molecular weight excluding hydrogens is 316 g/mol. The minimum Gasteiger partial charge on any atom is -0.360 e. The first-order chi connectivity index (χ1) is 11.1. The molecule has 6 nitrogen and oxygen atoms in total. The highest BCUT2D eigenvalue weighted by Crippen LogP contribution is 2.19. The highest BCUT2D eigenvalue weighted by atomic mass is 35.5. The van der Waals surface area contributed by atoms with Gasteiger partial charge in [-0.15, -0.1) is 0 Å². The van der Waals surface area contributed by atoms with E-state index in [1.165, 1.54) is 0 Å². The lowest BCUT2D eigenvalue weighted by Crippen LogP contribution is -2.13. The number of anilines is 3. The molecule has 2 aromatic heterocycles. The number of aryl methyl sites for hydroxylation is 1. The van der Waals surface area contributed by atoms with Crippen LogP contribution in [-0.2, 0) is 0 Å². The van der Waals surface area contributed by atoms with Crippen LogP contribution >= 0.6 is 11.6 Å². The van der Waals surface area contributed by atoms with Crippen molar-refractivity contribution in [2.45, 2.75) is 6.92 Å². The van der Waals surface area contributed by atoms with Crippen LogP contribution in [0, 0.1) is 6.92 Å². The van der Waals surface area contributed by atoms with Gasteiger partial charge in [0, 0.05) is 6.07 Å². The molecule has 0 atom stereocenters. The number of hydrogen-bond acceptors (Lipinski definition) is 5. The maximum Gasteiger partial charge on any atom is 0.258 e. The molecule has 23 heavy (non-hydrogen) atoms. The van der Waals surface area contributed by atoms with Crippen molar-refractivity contribution >= 4 is 34.8 Å². The molecule has 0 radical (unpaired) electrons. The monoisotopic (exact) mass is 328 g/mol. The molecule has 0 unspecified atom stereocenters. The fraction of sp³-hybridized carbons (Fsp3) is 0.0625. The van der Waals surface area contributed by atoms with Gasteiger partial charge in [0.1, 0.15) is 11.6 Å². The lowest BCUT2D eigenvalue weighted by Gasteiger charge is -2.07. The Bertz CT molecular complexity index is 830. The average Bonchev–Trinajstić information content (AvgIpc) is 2.95. The van der Waals surface area contributed by atoms with Gasteiger partial charge in [-0.2, -0.15) is 0 Å². The smallest absolute Gasteiger partial charge is 0.258 e. The van der Waals surface area contributed by atoms with E-state index in [1.54, 1.807) is 48.7 Å². The molecule has 0 spiro atoms. The minimum absolute atomic E-state index is 0.309. The van der Waals surface area contributed by atoms with E-state index in [-0.39, 0.29) is 5.91 Å². The van der Waals surface area contributed by atoms with Gasteiger partial charge in [-0.3, -0.25) is 4.79 Å². The summed E-state index contributed by atoms with van der Waals surface area (Å²) in [6.45, 7) is 1.81. The van der Waals surface area contributed by atoms with Crippen LogP contribution in [0.15, 0.2) is 53.2 Å². The van der Waals surface area contributed by atoms with E-state index in [0.717, 1.165) is 5.69 Å². The first kappa shape index (κ1) is 15.1. The molecule has 0 aliphatic rings. The Kier molecular flexibility index (Phi) is 4.25. The Balaban J connectivity index is 1.68. The van der Waals surface area contributed by atoms with E-state index in [1.807, 2.05) is 6.92 Å². The van der Waals surface area contributed by atoms with Crippen LogP contribution in [0.25, 0.3) is 0 Å². The van der Waals surface area contributed by atoms with Crippen molar-refractivity contribution in [3.8, 4) is 0 Å². The van der Waals surface area contributed by atoms with Gasteiger partial charge in [0.05, 0.1) is 22.5 Å². The number of carbonyl (C=O) groups excluding carboxylic acids is 1. The van der Waals surface area contributed by atoms with Crippen LogP contribution < -0.4 is 10.6 Å². The summed E-state index contributed by atoms with van der Waals surface area (Å²) in [5, 5.41) is 9.97. The van der Waals surface area contributed by atoms with E-state index in [0.29, 0.717) is 28.0 Å². The van der Waals surface area contributed by atoms with Gasteiger partial charge in [-0.1, -0.05) is 28.9 Å². The first-order valence-electron chi connectivity index (χ1n) is 6.84. The summed E-state index contributed by atoms with van der Waals surface area (Å²) in [7, 11) is 0. The number of amides is 1. The molecule has 1 amide bonds. The molecule has 0 aliphatic carbocycles. The van der Waals surface area contributed by atoms with Gasteiger partial charge < -0.3 is 15.2 Å². The third-order valence-electron chi connectivity index (χ3n) is 3.02. The normalized spacial score (nSPS) is 10.3. The van der Waals surface area contributed by atoms with Gasteiger partial charge >= 0.3 is 0 Å². The fourth-order valence-corrected chi connectivity index (χ4v) is 2.17. The second kappa shape index (κ2) is 6.50. The number of benzene rings is 1. The maximum absolute atomic E-state index is 12.1. The van der Waals surface area contributed by atoms with E-state index < -0.39 is 0 Å². The van der Waals surface area contributed by atoms with Gasteiger partial charge in [-0.05, 0) is 31.2 Å². The van der Waals surface area contributed by atoms with Crippen molar-refractivity contribution in [3.63, 3.8) is 0 Å². The Morgan fingerprint density at radius 1 is 1.17 bits per heavy atom. The van der Waals surface area contributed by atoms with E-state index in [9.17, 15) is 4.79 Å². The van der Waals surface area contributed by atoms with Crippen molar-refractivity contribution < 1.29 is 9.32 Å². The lowest BCUT2D eigenvalue weighted by molar-refractivity contribution is 0.102. The summed E-state index contributed by atoms with van der Waals surface area (Å²) in [4.78, 5) is 16.3. The highest BCUT2D eigenvalue weighted by Gasteiger charge is 2.10. The second-order valence-electron chi connectivity index (χ2n) is 4.81. The standard InChI is InChI=1S/C16H13ClN4O2/c1-10-8-15(21-23-10)19-11-6-7-14(18-9-11)20-16(22)12-4-2-3-5-13(12)17/h2-9H,1H3,(H,19,21)(H,18,20,22). The van der Waals surface area contributed by atoms with Crippen LogP contribution in [0.2, 0.25) is 5.02 Å². The SMILES string of the molecule is Cc1cc(Nc2ccc(NC(=O)c3ccccc3Cl)nc2)no1. The van der Waals surface area contributed by atoms with Crippen molar-refractivity contribution in [2.24, 2.45) is 0 Å². The highest BCUT2D eigenvalue weighted by molar-refractivity contribution is 6.34. The number of aromatic nitrogens is 2. The zero-order valence-electron chi connectivity index (χ0n) is 12.2. The van der Waals surface area contributed by atoms with Crippen molar-refractivity contribution in [1.29, 1.82) is 0 Å². The predicted molar refractivity (Wildman–Crippen MR) is 88.2 cm³/mol. The van der Waals surface area contributed by atoms with Crippen molar-refractivity contribution in [3.05, 3.63) is 65.0 Å². The number of nitrogens with zero attached hydrogens (tertiary/aromatic N) is 2. The number of hydrogen-bond donors (Lipinski definition) is 2. The maximum atomic E-state index is 12.1. The van der Waals surface area contributed by atoms with Crippen LogP contribution in [0.5, 0.6) is 0 Å². The molecule has 0 bridgehead atoms. The fourth-order valence-electron chi connectivity index (χ4n) is 1.94. The summed E-state index contributed by atoms with van der Waals surface area (Å²) >= 11 is 6.00. The summed E-state index contributed by atoms with van der Waals surface area (Å²) < 4.78 is 4.97.